The lowest BCUT2D eigenvalue weighted by atomic mass is 9.95. The number of halogens is 2. The molecule has 5 nitrogen and oxygen atoms in total. The van der Waals surface area contributed by atoms with Crippen molar-refractivity contribution in [2.75, 3.05) is 13.6 Å². The Morgan fingerprint density at radius 1 is 1.29 bits per heavy atom. The molecule has 2 rings (SSSR count). The van der Waals surface area contributed by atoms with E-state index in [0.717, 1.165) is 17.9 Å². The summed E-state index contributed by atoms with van der Waals surface area (Å²) in [6.45, 7) is 2.12. The van der Waals surface area contributed by atoms with Gasteiger partial charge >= 0.3 is 6.61 Å². The van der Waals surface area contributed by atoms with E-state index in [2.05, 4.69) is 21.6 Å². The predicted octanol–water partition coefficient (Wildman–Crippen LogP) is 3.93. The third-order valence-electron chi connectivity index (χ3n) is 4.13. The molecule has 0 saturated heterocycles. The first-order chi connectivity index (χ1) is 11.5. The van der Waals surface area contributed by atoms with Gasteiger partial charge in [-0.15, -0.1) is 0 Å². The van der Waals surface area contributed by atoms with E-state index in [4.69, 9.17) is 4.74 Å². The van der Waals surface area contributed by atoms with Gasteiger partial charge in [-0.25, -0.2) is 9.98 Å². The fraction of sp³-hybridized carbons (Fsp3) is 0.647. The number of ether oxygens (including phenoxy) is 2. The van der Waals surface area contributed by atoms with E-state index >= 15 is 0 Å². The first-order valence-corrected chi connectivity index (χ1v) is 8.30. The molecule has 1 heterocycles. The lowest BCUT2D eigenvalue weighted by Crippen LogP contribution is -2.29. The number of rotatable bonds is 7. The van der Waals surface area contributed by atoms with Crippen LogP contribution in [0.3, 0.4) is 0 Å². The van der Waals surface area contributed by atoms with Crippen molar-refractivity contribution in [3.8, 4) is 5.88 Å². The second kappa shape index (κ2) is 8.92. The van der Waals surface area contributed by atoms with Gasteiger partial charge in [0.15, 0.2) is 0 Å². The Kier molecular flexibility index (Phi) is 6.90. The molecule has 1 aromatic heterocycles. The van der Waals surface area contributed by atoms with Crippen molar-refractivity contribution in [3.63, 3.8) is 0 Å². The van der Waals surface area contributed by atoms with E-state index < -0.39 is 6.61 Å². The van der Waals surface area contributed by atoms with Crippen LogP contribution in [0.5, 0.6) is 5.88 Å². The van der Waals surface area contributed by atoms with Crippen LogP contribution in [-0.2, 0) is 4.74 Å². The Balaban J connectivity index is 1.88. The summed E-state index contributed by atoms with van der Waals surface area (Å²) in [4.78, 5) is 10.8. The fourth-order valence-corrected chi connectivity index (χ4v) is 2.58. The highest BCUT2D eigenvalue weighted by Crippen LogP contribution is 2.27. The molecule has 24 heavy (non-hydrogen) atoms. The number of aryl methyl sites for hydroxylation is 1. The van der Waals surface area contributed by atoms with Crippen molar-refractivity contribution < 1.29 is 18.3 Å². The molecule has 0 unspecified atom stereocenters. The van der Waals surface area contributed by atoms with Gasteiger partial charge in [0.2, 0.25) is 5.88 Å². The zero-order chi connectivity index (χ0) is 17.5. The molecular weight excluding hydrogens is 316 g/mol. The third-order valence-corrected chi connectivity index (χ3v) is 4.13. The van der Waals surface area contributed by atoms with Crippen LogP contribution in [0.2, 0.25) is 0 Å². The third kappa shape index (κ3) is 5.70. The molecule has 0 spiro atoms. The summed E-state index contributed by atoms with van der Waals surface area (Å²) in [7, 11) is 1.96. The van der Waals surface area contributed by atoms with Crippen molar-refractivity contribution in [3.05, 3.63) is 17.8 Å². The van der Waals surface area contributed by atoms with Gasteiger partial charge in [0.25, 0.3) is 0 Å². The molecule has 7 heteroatoms. The van der Waals surface area contributed by atoms with Crippen LogP contribution in [0.1, 0.15) is 38.3 Å². The van der Waals surface area contributed by atoms with Gasteiger partial charge in [-0.05, 0) is 45.6 Å². The van der Waals surface area contributed by atoms with Crippen LogP contribution in [0, 0.1) is 6.92 Å². The average Bonchev–Trinajstić information content (AvgIpc) is 2.55. The van der Waals surface area contributed by atoms with E-state index in [-0.39, 0.29) is 12.2 Å². The average molecular weight is 341 g/mol. The monoisotopic (exact) mass is 341 g/mol. The molecule has 1 aromatic rings. The maximum Gasteiger partial charge on any atom is 0.345 e. The number of nitrogens with zero attached hydrogens (tertiary/aromatic N) is 3. The molecule has 1 aliphatic rings. The number of alkyl halides is 2. The van der Waals surface area contributed by atoms with Crippen LogP contribution in [0.15, 0.2) is 17.1 Å². The lowest BCUT2D eigenvalue weighted by Gasteiger charge is -2.28. The van der Waals surface area contributed by atoms with Gasteiger partial charge in [-0.2, -0.15) is 8.78 Å². The van der Waals surface area contributed by atoms with Gasteiger partial charge in [0.05, 0.1) is 23.8 Å². The minimum Gasteiger partial charge on any atom is -0.474 e. The largest absolute Gasteiger partial charge is 0.474 e. The first kappa shape index (κ1) is 18.6. The van der Waals surface area contributed by atoms with Crippen molar-refractivity contribution in [1.82, 2.24) is 9.88 Å². The van der Waals surface area contributed by atoms with E-state index in [1.54, 1.807) is 12.4 Å². The molecule has 0 radical (unpaired) electrons. The maximum atomic E-state index is 12.2. The SMILES string of the molecule is CCN(C)/C=N/c1ccc(O[C@H]2CC[C@@H](OC(F)F)CC2)nc1C. The maximum absolute atomic E-state index is 12.2. The summed E-state index contributed by atoms with van der Waals surface area (Å²) < 4.78 is 34.8. The molecular formula is C17H25F2N3O2. The van der Waals surface area contributed by atoms with Crippen LogP contribution >= 0.6 is 0 Å². The topological polar surface area (TPSA) is 47.0 Å². The van der Waals surface area contributed by atoms with Gasteiger partial charge in [-0.3, -0.25) is 0 Å². The van der Waals surface area contributed by atoms with Crippen molar-refractivity contribution in [2.24, 2.45) is 4.99 Å². The Morgan fingerprint density at radius 2 is 1.96 bits per heavy atom. The van der Waals surface area contributed by atoms with Crippen LogP contribution in [0.4, 0.5) is 14.5 Å². The Hall–Kier alpha value is -1.76. The van der Waals surface area contributed by atoms with E-state index in [1.807, 2.05) is 24.9 Å². The minimum atomic E-state index is -2.70. The molecule has 0 aromatic carbocycles. The standard InChI is InChI=1S/C17H25F2N3O2/c1-4-22(3)11-20-15-9-10-16(21-12(15)2)23-13-5-7-14(8-6-13)24-17(18)19/h9-11,13-14,17H,4-8H2,1-3H3/b20-11+/t13-,14+. The molecule has 0 N–H and O–H groups in total. The van der Waals surface area contributed by atoms with Gasteiger partial charge in [-0.1, -0.05) is 0 Å². The smallest absolute Gasteiger partial charge is 0.345 e. The molecule has 1 fully saturated rings. The normalized spacial score (nSPS) is 21.4. The van der Waals surface area contributed by atoms with Crippen molar-refractivity contribution in [1.29, 1.82) is 0 Å². The van der Waals surface area contributed by atoms with Crippen molar-refractivity contribution >= 4 is 12.0 Å². The molecule has 1 saturated carbocycles. The van der Waals surface area contributed by atoms with E-state index in [9.17, 15) is 8.78 Å². The van der Waals surface area contributed by atoms with E-state index in [1.165, 1.54) is 0 Å². The number of hydrogen-bond acceptors (Lipinski definition) is 4. The summed E-state index contributed by atoms with van der Waals surface area (Å²) in [5, 5.41) is 0. The highest BCUT2D eigenvalue weighted by molar-refractivity contribution is 5.62. The van der Waals surface area contributed by atoms with Gasteiger partial charge < -0.3 is 14.4 Å². The second-order valence-corrected chi connectivity index (χ2v) is 5.99. The fourth-order valence-electron chi connectivity index (χ4n) is 2.58. The molecule has 134 valence electrons. The predicted molar refractivity (Wildman–Crippen MR) is 89.2 cm³/mol. The molecule has 0 amide bonds. The molecule has 0 atom stereocenters. The Bertz CT molecular complexity index is 547. The number of hydrogen-bond donors (Lipinski definition) is 0. The first-order valence-electron chi connectivity index (χ1n) is 8.30. The Morgan fingerprint density at radius 3 is 2.54 bits per heavy atom. The van der Waals surface area contributed by atoms with Gasteiger partial charge in [0.1, 0.15) is 6.10 Å². The van der Waals surface area contributed by atoms with Crippen LogP contribution < -0.4 is 4.74 Å². The molecule has 1 aliphatic carbocycles. The lowest BCUT2D eigenvalue weighted by molar-refractivity contribution is -0.173. The summed E-state index contributed by atoms with van der Waals surface area (Å²) in [6.07, 6.45) is 3.95. The second-order valence-electron chi connectivity index (χ2n) is 5.99. The quantitative estimate of drug-likeness (QED) is 0.557. The zero-order valence-electron chi connectivity index (χ0n) is 14.4. The van der Waals surface area contributed by atoms with E-state index in [0.29, 0.717) is 31.6 Å². The Labute approximate surface area is 141 Å². The highest BCUT2D eigenvalue weighted by Gasteiger charge is 2.25. The van der Waals surface area contributed by atoms with Crippen LogP contribution in [-0.4, -0.2) is 48.6 Å². The summed E-state index contributed by atoms with van der Waals surface area (Å²) in [6, 6.07) is 3.68. The summed E-state index contributed by atoms with van der Waals surface area (Å²) in [5.41, 5.74) is 1.60. The molecule has 0 aliphatic heterocycles. The number of aromatic nitrogens is 1. The highest BCUT2D eigenvalue weighted by atomic mass is 19.3. The number of aliphatic imine (C=N–C) groups is 1. The zero-order valence-corrected chi connectivity index (χ0v) is 14.4. The summed E-state index contributed by atoms with van der Waals surface area (Å²) >= 11 is 0. The molecule has 0 bridgehead atoms. The van der Waals surface area contributed by atoms with Crippen molar-refractivity contribution in [2.45, 2.75) is 58.4 Å². The minimum absolute atomic E-state index is 0.00463. The van der Waals surface area contributed by atoms with Gasteiger partial charge in [0, 0.05) is 19.7 Å². The summed E-state index contributed by atoms with van der Waals surface area (Å²) in [5.74, 6) is 0.550. The number of pyridine rings is 1. The van der Waals surface area contributed by atoms with Crippen LogP contribution in [0.25, 0.3) is 0 Å².